The third kappa shape index (κ3) is 2.44. The molecule has 0 bridgehead atoms. The standard InChI is InChI=1S/C12H6Cl3NO/c13-9-2-1-8(11(14)12(9)15)10-5-7(6-17)3-4-16-10/h1-6H. The van der Waals surface area contributed by atoms with E-state index in [0.29, 0.717) is 26.9 Å². The molecule has 0 amide bonds. The van der Waals surface area contributed by atoms with E-state index in [-0.39, 0.29) is 5.02 Å². The van der Waals surface area contributed by atoms with E-state index in [9.17, 15) is 4.79 Å². The molecule has 1 heterocycles. The number of aromatic nitrogens is 1. The quantitative estimate of drug-likeness (QED) is 0.600. The van der Waals surface area contributed by atoms with Gasteiger partial charge < -0.3 is 0 Å². The fourth-order valence-corrected chi connectivity index (χ4v) is 2.02. The summed E-state index contributed by atoms with van der Waals surface area (Å²) in [6.45, 7) is 0. The molecule has 0 aliphatic rings. The van der Waals surface area contributed by atoms with Gasteiger partial charge in [0.15, 0.2) is 0 Å². The fraction of sp³-hybridized carbons (Fsp3) is 0. The lowest BCUT2D eigenvalue weighted by Gasteiger charge is -2.06. The van der Waals surface area contributed by atoms with Crippen LogP contribution in [0.25, 0.3) is 11.3 Å². The Labute approximate surface area is 113 Å². The van der Waals surface area contributed by atoms with Crippen LogP contribution in [0.1, 0.15) is 10.4 Å². The molecule has 0 aliphatic carbocycles. The Kier molecular flexibility index (Phi) is 3.67. The summed E-state index contributed by atoms with van der Waals surface area (Å²) in [5.41, 5.74) is 1.75. The second-order valence-electron chi connectivity index (χ2n) is 3.32. The molecule has 0 atom stereocenters. The summed E-state index contributed by atoms with van der Waals surface area (Å²) in [6, 6.07) is 6.61. The van der Waals surface area contributed by atoms with E-state index in [1.165, 1.54) is 6.20 Å². The summed E-state index contributed by atoms with van der Waals surface area (Å²) < 4.78 is 0. The Hall–Kier alpha value is -1.09. The molecule has 0 fully saturated rings. The number of carbonyl (C=O) groups excluding carboxylic acids is 1. The van der Waals surface area contributed by atoms with Crippen LogP contribution >= 0.6 is 34.8 Å². The van der Waals surface area contributed by atoms with Gasteiger partial charge in [-0.25, -0.2) is 0 Å². The molecule has 0 saturated carbocycles. The van der Waals surface area contributed by atoms with Crippen LogP contribution in [0.2, 0.25) is 15.1 Å². The van der Waals surface area contributed by atoms with Crippen molar-refractivity contribution in [3.8, 4) is 11.3 Å². The Bertz CT molecular complexity index is 584. The monoisotopic (exact) mass is 285 g/mol. The predicted octanol–water partition coefficient (Wildman–Crippen LogP) is 4.52. The van der Waals surface area contributed by atoms with Gasteiger partial charge in [0.25, 0.3) is 0 Å². The first kappa shape index (κ1) is 12.4. The summed E-state index contributed by atoms with van der Waals surface area (Å²) in [5, 5.41) is 0.991. The van der Waals surface area contributed by atoms with Gasteiger partial charge in [-0.05, 0) is 24.3 Å². The highest BCUT2D eigenvalue weighted by atomic mass is 35.5. The van der Waals surface area contributed by atoms with Crippen molar-refractivity contribution in [1.29, 1.82) is 0 Å². The van der Waals surface area contributed by atoms with E-state index >= 15 is 0 Å². The lowest BCUT2D eigenvalue weighted by molar-refractivity contribution is 0.112. The molecule has 86 valence electrons. The van der Waals surface area contributed by atoms with Crippen LogP contribution < -0.4 is 0 Å². The van der Waals surface area contributed by atoms with Gasteiger partial charge >= 0.3 is 0 Å². The van der Waals surface area contributed by atoms with Gasteiger partial charge in [-0.1, -0.05) is 34.8 Å². The third-order valence-electron chi connectivity index (χ3n) is 2.23. The highest BCUT2D eigenvalue weighted by Gasteiger charge is 2.11. The van der Waals surface area contributed by atoms with Gasteiger partial charge in [0.2, 0.25) is 0 Å². The summed E-state index contributed by atoms with van der Waals surface area (Å²) in [6.07, 6.45) is 2.29. The maximum Gasteiger partial charge on any atom is 0.150 e. The molecular formula is C12H6Cl3NO. The minimum Gasteiger partial charge on any atom is -0.298 e. The normalized spacial score (nSPS) is 10.3. The number of rotatable bonds is 2. The average Bonchev–Trinajstić information content (AvgIpc) is 2.36. The van der Waals surface area contributed by atoms with Crippen molar-refractivity contribution in [3.63, 3.8) is 0 Å². The Morgan fingerprint density at radius 1 is 1.06 bits per heavy atom. The fourth-order valence-electron chi connectivity index (χ4n) is 1.39. The topological polar surface area (TPSA) is 30.0 Å². The zero-order valence-electron chi connectivity index (χ0n) is 8.45. The largest absolute Gasteiger partial charge is 0.298 e. The molecular weight excluding hydrogens is 280 g/mol. The van der Waals surface area contributed by atoms with Crippen LogP contribution in [-0.2, 0) is 0 Å². The molecule has 0 saturated heterocycles. The number of pyridine rings is 1. The van der Waals surface area contributed by atoms with Gasteiger partial charge in [0, 0.05) is 17.3 Å². The molecule has 2 nitrogen and oxygen atoms in total. The Balaban J connectivity index is 2.60. The van der Waals surface area contributed by atoms with Crippen molar-refractivity contribution < 1.29 is 4.79 Å². The molecule has 5 heteroatoms. The molecule has 2 rings (SSSR count). The number of nitrogens with zero attached hydrogens (tertiary/aromatic N) is 1. The first-order chi connectivity index (χ1) is 8.13. The molecule has 0 aliphatic heterocycles. The highest BCUT2D eigenvalue weighted by molar-refractivity contribution is 6.49. The average molecular weight is 287 g/mol. The Morgan fingerprint density at radius 2 is 1.82 bits per heavy atom. The zero-order valence-corrected chi connectivity index (χ0v) is 10.7. The summed E-state index contributed by atoms with van der Waals surface area (Å²) >= 11 is 17.9. The molecule has 0 N–H and O–H groups in total. The summed E-state index contributed by atoms with van der Waals surface area (Å²) in [7, 11) is 0. The van der Waals surface area contributed by atoms with Gasteiger partial charge in [0.1, 0.15) is 6.29 Å². The first-order valence-corrected chi connectivity index (χ1v) is 5.82. The third-order valence-corrected chi connectivity index (χ3v) is 3.52. The minimum absolute atomic E-state index is 0.282. The van der Waals surface area contributed by atoms with Crippen molar-refractivity contribution in [2.45, 2.75) is 0 Å². The SMILES string of the molecule is O=Cc1ccnc(-c2ccc(Cl)c(Cl)c2Cl)c1. The van der Waals surface area contributed by atoms with E-state index in [1.54, 1.807) is 24.3 Å². The number of halogens is 3. The van der Waals surface area contributed by atoms with Gasteiger partial charge in [-0.2, -0.15) is 0 Å². The van der Waals surface area contributed by atoms with Crippen molar-refractivity contribution in [3.05, 3.63) is 51.1 Å². The number of hydrogen-bond acceptors (Lipinski definition) is 2. The van der Waals surface area contributed by atoms with Gasteiger partial charge in [-0.15, -0.1) is 0 Å². The van der Waals surface area contributed by atoms with E-state index < -0.39 is 0 Å². The number of carbonyl (C=O) groups is 1. The number of benzene rings is 1. The predicted molar refractivity (Wildman–Crippen MR) is 70.1 cm³/mol. The second-order valence-corrected chi connectivity index (χ2v) is 4.48. The van der Waals surface area contributed by atoms with Crippen molar-refractivity contribution in [2.75, 3.05) is 0 Å². The maximum absolute atomic E-state index is 10.7. The summed E-state index contributed by atoms with van der Waals surface area (Å²) in [4.78, 5) is 14.8. The smallest absolute Gasteiger partial charge is 0.150 e. The van der Waals surface area contributed by atoms with Crippen molar-refractivity contribution in [1.82, 2.24) is 4.98 Å². The van der Waals surface area contributed by atoms with Crippen LogP contribution in [0.4, 0.5) is 0 Å². The Morgan fingerprint density at radius 3 is 2.53 bits per heavy atom. The lowest BCUT2D eigenvalue weighted by atomic mass is 10.1. The van der Waals surface area contributed by atoms with Crippen LogP contribution in [0.15, 0.2) is 30.5 Å². The van der Waals surface area contributed by atoms with Gasteiger partial charge in [-0.3, -0.25) is 9.78 Å². The van der Waals surface area contributed by atoms with Gasteiger partial charge in [0.05, 0.1) is 20.8 Å². The molecule has 1 aromatic carbocycles. The van der Waals surface area contributed by atoms with Crippen molar-refractivity contribution in [2.24, 2.45) is 0 Å². The van der Waals surface area contributed by atoms with Crippen LogP contribution in [0.3, 0.4) is 0 Å². The van der Waals surface area contributed by atoms with Crippen molar-refractivity contribution >= 4 is 41.1 Å². The van der Waals surface area contributed by atoms with Crippen LogP contribution in [0.5, 0.6) is 0 Å². The number of aldehydes is 1. The van der Waals surface area contributed by atoms with Crippen LogP contribution in [-0.4, -0.2) is 11.3 Å². The lowest BCUT2D eigenvalue weighted by Crippen LogP contribution is -1.88. The molecule has 2 aromatic rings. The highest BCUT2D eigenvalue weighted by Crippen LogP contribution is 2.37. The molecule has 1 aromatic heterocycles. The molecule has 0 spiro atoms. The summed E-state index contributed by atoms with van der Waals surface area (Å²) in [5.74, 6) is 0. The molecule has 0 unspecified atom stereocenters. The molecule has 0 radical (unpaired) electrons. The minimum atomic E-state index is 0.282. The zero-order chi connectivity index (χ0) is 12.4. The second kappa shape index (κ2) is 5.05. The van der Waals surface area contributed by atoms with E-state index in [4.69, 9.17) is 34.8 Å². The number of hydrogen-bond donors (Lipinski definition) is 0. The van der Waals surface area contributed by atoms with E-state index in [2.05, 4.69) is 4.98 Å². The maximum atomic E-state index is 10.7. The van der Waals surface area contributed by atoms with E-state index in [1.807, 2.05) is 0 Å². The first-order valence-electron chi connectivity index (χ1n) is 4.68. The van der Waals surface area contributed by atoms with E-state index in [0.717, 1.165) is 6.29 Å². The van der Waals surface area contributed by atoms with Crippen LogP contribution in [0, 0.1) is 0 Å². The molecule has 17 heavy (non-hydrogen) atoms.